The number of benzene rings is 2. The highest BCUT2D eigenvalue weighted by molar-refractivity contribution is 5.95. The van der Waals surface area contributed by atoms with E-state index < -0.39 is 42.7 Å². The van der Waals surface area contributed by atoms with Gasteiger partial charge in [-0.15, -0.1) is 0 Å². The van der Waals surface area contributed by atoms with E-state index in [0.717, 1.165) is 25.0 Å². The van der Waals surface area contributed by atoms with E-state index in [-0.39, 0.29) is 23.1 Å². The van der Waals surface area contributed by atoms with Gasteiger partial charge >= 0.3 is 12.1 Å². The Morgan fingerprint density at radius 2 is 1.82 bits per heavy atom. The zero-order chi connectivity index (χ0) is 24.6. The van der Waals surface area contributed by atoms with Crippen LogP contribution in [0.1, 0.15) is 28.8 Å². The number of amides is 2. The van der Waals surface area contributed by atoms with Crippen LogP contribution in [0.2, 0.25) is 0 Å². The van der Waals surface area contributed by atoms with Crippen molar-refractivity contribution in [1.29, 1.82) is 0 Å². The number of nitrogens with one attached hydrogen (secondary N) is 2. The van der Waals surface area contributed by atoms with Crippen LogP contribution in [0.4, 0.5) is 18.9 Å². The van der Waals surface area contributed by atoms with Gasteiger partial charge in [0, 0.05) is 18.8 Å². The zero-order valence-corrected chi connectivity index (χ0v) is 18.0. The predicted molar refractivity (Wildman–Crippen MR) is 114 cm³/mol. The summed E-state index contributed by atoms with van der Waals surface area (Å²) in [5, 5.41) is 4.93. The van der Waals surface area contributed by atoms with Crippen LogP contribution in [0.3, 0.4) is 0 Å². The highest BCUT2D eigenvalue weighted by Gasteiger charge is 2.30. The molecule has 1 atom stereocenters. The molecule has 34 heavy (non-hydrogen) atoms. The highest BCUT2D eigenvalue weighted by Crippen LogP contribution is 2.30. The summed E-state index contributed by atoms with van der Waals surface area (Å²) in [6.45, 7) is -0.0837. The molecule has 1 heterocycles. The van der Waals surface area contributed by atoms with Crippen LogP contribution in [-0.4, -0.2) is 50.3 Å². The maximum Gasteiger partial charge on any atom is 0.416 e. The van der Waals surface area contributed by atoms with Gasteiger partial charge in [0.25, 0.3) is 11.8 Å². The second kappa shape index (κ2) is 11.5. The summed E-state index contributed by atoms with van der Waals surface area (Å²) >= 11 is 0. The third-order valence-electron chi connectivity index (χ3n) is 4.82. The van der Waals surface area contributed by atoms with Gasteiger partial charge in [-0.1, -0.05) is 18.2 Å². The minimum absolute atomic E-state index is 0.0127. The van der Waals surface area contributed by atoms with Crippen LogP contribution in [0.5, 0.6) is 5.75 Å². The van der Waals surface area contributed by atoms with Crippen LogP contribution in [0, 0.1) is 0 Å². The first-order valence-corrected chi connectivity index (χ1v) is 10.5. The molecule has 1 fully saturated rings. The molecule has 2 N–H and O–H groups in total. The van der Waals surface area contributed by atoms with Gasteiger partial charge in [-0.25, -0.2) is 4.79 Å². The van der Waals surface area contributed by atoms with E-state index in [4.69, 9.17) is 14.2 Å². The number of rotatable bonds is 9. The number of anilines is 1. The van der Waals surface area contributed by atoms with Gasteiger partial charge < -0.3 is 24.8 Å². The lowest BCUT2D eigenvalue weighted by Gasteiger charge is -2.13. The van der Waals surface area contributed by atoms with Gasteiger partial charge in [0.1, 0.15) is 11.3 Å². The maximum absolute atomic E-state index is 12.8. The van der Waals surface area contributed by atoms with Crippen molar-refractivity contribution in [1.82, 2.24) is 5.32 Å². The van der Waals surface area contributed by atoms with Crippen LogP contribution in [0.15, 0.2) is 48.5 Å². The average molecular weight is 480 g/mol. The van der Waals surface area contributed by atoms with Gasteiger partial charge in [0.2, 0.25) is 0 Å². The van der Waals surface area contributed by atoms with Gasteiger partial charge in [0.15, 0.2) is 13.2 Å². The molecule has 0 spiro atoms. The van der Waals surface area contributed by atoms with Crippen LogP contribution in [0.25, 0.3) is 0 Å². The Bertz CT molecular complexity index is 1020. The van der Waals surface area contributed by atoms with E-state index in [1.807, 2.05) is 0 Å². The van der Waals surface area contributed by atoms with Crippen molar-refractivity contribution in [2.75, 3.05) is 31.7 Å². The van der Waals surface area contributed by atoms with Crippen molar-refractivity contribution in [3.8, 4) is 5.75 Å². The van der Waals surface area contributed by atoms with Crippen LogP contribution < -0.4 is 15.4 Å². The summed E-state index contributed by atoms with van der Waals surface area (Å²) in [6, 6.07) is 10.1. The lowest BCUT2D eigenvalue weighted by Crippen LogP contribution is -2.34. The maximum atomic E-state index is 12.8. The second-order valence-corrected chi connectivity index (χ2v) is 7.43. The number of esters is 1. The molecule has 0 aliphatic carbocycles. The van der Waals surface area contributed by atoms with E-state index in [9.17, 15) is 27.6 Å². The monoisotopic (exact) mass is 480 g/mol. The Morgan fingerprint density at radius 3 is 2.56 bits per heavy atom. The lowest BCUT2D eigenvalue weighted by molar-refractivity contribution is -0.137. The molecule has 0 radical (unpaired) electrons. The molecule has 2 aromatic carbocycles. The van der Waals surface area contributed by atoms with E-state index in [2.05, 4.69) is 10.6 Å². The first kappa shape index (κ1) is 25.0. The van der Waals surface area contributed by atoms with Crippen molar-refractivity contribution in [3.63, 3.8) is 0 Å². The molecule has 0 saturated carbocycles. The normalized spacial score (nSPS) is 15.4. The number of ether oxygens (including phenoxy) is 3. The summed E-state index contributed by atoms with van der Waals surface area (Å²) < 4.78 is 54.2. The van der Waals surface area contributed by atoms with E-state index in [1.165, 1.54) is 24.3 Å². The van der Waals surface area contributed by atoms with Crippen LogP contribution >= 0.6 is 0 Å². The highest BCUT2D eigenvalue weighted by atomic mass is 19.4. The Balaban J connectivity index is 1.50. The third kappa shape index (κ3) is 7.48. The number of hydrogen-bond donors (Lipinski definition) is 2. The number of alkyl halides is 3. The van der Waals surface area contributed by atoms with E-state index in [0.29, 0.717) is 13.2 Å². The van der Waals surface area contributed by atoms with Gasteiger partial charge in [-0.05, 0) is 43.2 Å². The second-order valence-electron chi connectivity index (χ2n) is 7.43. The summed E-state index contributed by atoms with van der Waals surface area (Å²) in [5.41, 5.74) is -0.967. The molecule has 1 aliphatic rings. The average Bonchev–Trinajstić information content (AvgIpc) is 3.33. The Hall–Kier alpha value is -3.60. The molecule has 0 unspecified atom stereocenters. The fourth-order valence-electron chi connectivity index (χ4n) is 3.17. The SMILES string of the molecule is O=C(COC(=O)c1ccccc1OCC(=O)Nc1cccc(C(F)(F)F)c1)NC[C@H]1CCCO1. The number of carbonyl (C=O) groups is 3. The number of halogens is 3. The minimum atomic E-state index is -4.54. The largest absolute Gasteiger partial charge is 0.483 e. The lowest BCUT2D eigenvalue weighted by atomic mass is 10.2. The fourth-order valence-corrected chi connectivity index (χ4v) is 3.17. The summed E-state index contributed by atoms with van der Waals surface area (Å²) in [4.78, 5) is 36.4. The summed E-state index contributed by atoms with van der Waals surface area (Å²) in [7, 11) is 0. The predicted octanol–water partition coefficient (Wildman–Crippen LogP) is 3.17. The van der Waals surface area contributed by atoms with Gasteiger partial charge in [-0.3, -0.25) is 9.59 Å². The molecule has 3 rings (SSSR count). The van der Waals surface area contributed by atoms with Gasteiger partial charge in [0.05, 0.1) is 11.7 Å². The standard InChI is InChI=1S/C23H23F3N2O6/c24-23(25,26)15-5-3-6-16(11-15)28-21(30)14-33-19-9-2-1-8-18(19)22(31)34-13-20(29)27-12-17-7-4-10-32-17/h1-3,5-6,8-9,11,17H,4,7,10,12-14H2,(H,27,29)(H,28,30)/t17-/m1/s1. The Morgan fingerprint density at radius 1 is 1.03 bits per heavy atom. The Labute approximate surface area is 193 Å². The summed E-state index contributed by atoms with van der Waals surface area (Å²) in [6.07, 6.45) is -2.80. The van der Waals surface area contributed by atoms with Crippen LogP contribution in [-0.2, 0) is 25.2 Å². The molecule has 1 saturated heterocycles. The fraction of sp³-hybridized carbons (Fsp3) is 0.348. The van der Waals surface area contributed by atoms with Crippen molar-refractivity contribution < 1.29 is 41.8 Å². The number of carbonyl (C=O) groups excluding carboxylic acids is 3. The molecule has 1 aliphatic heterocycles. The summed E-state index contributed by atoms with van der Waals surface area (Å²) in [5.74, 6) is -2.02. The molecule has 8 nitrogen and oxygen atoms in total. The third-order valence-corrected chi connectivity index (χ3v) is 4.82. The number of hydrogen-bond acceptors (Lipinski definition) is 6. The van der Waals surface area contributed by atoms with E-state index >= 15 is 0 Å². The van der Waals surface area contributed by atoms with Crippen molar-refractivity contribution >= 4 is 23.5 Å². The molecule has 11 heteroatoms. The molecule has 0 aromatic heterocycles. The first-order valence-electron chi connectivity index (χ1n) is 10.5. The van der Waals surface area contributed by atoms with Crippen molar-refractivity contribution in [2.24, 2.45) is 0 Å². The minimum Gasteiger partial charge on any atom is -0.483 e. The molecule has 2 amide bonds. The Kier molecular flexibility index (Phi) is 8.47. The van der Waals surface area contributed by atoms with Gasteiger partial charge in [-0.2, -0.15) is 13.2 Å². The van der Waals surface area contributed by atoms with E-state index in [1.54, 1.807) is 12.1 Å². The molecular weight excluding hydrogens is 457 g/mol. The zero-order valence-electron chi connectivity index (χ0n) is 18.0. The smallest absolute Gasteiger partial charge is 0.416 e. The molecule has 0 bridgehead atoms. The molecule has 182 valence electrons. The van der Waals surface area contributed by atoms with Crippen molar-refractivity contribution in [3.05, 3.63) is 59.7 Å². The number of para-hydroxylation sites is 1. The quantitative estimate of drug-likeness (QED) is 0.535. The molecular formula is C23H23F3N2O6. The topological polar surface area (TPSA) is 103 Å². The van der Waals surface area contributed by atoms with Crippen molar-refractivity contribution in [2.45, 2.75) is 25.1 Å². The first-order chi connectivity index (χ1) is 16.2. The molecule has 2 aromatic rings.